The quantitative estimate of drug-likeness (QED) is 0.224. The van der Waals surface area contributed by atoms with Crippen molar-refractivity contribution in [3.05, 3.63) is 123 Å². The van der Waals surface area contributed by atoms with Crippen LogP contribution in [0.1, 0.15) is 40.0 Å². The number of carbonyl (C=O) groups excluding carboxylic acids is 2. The first-order chi connectivity index (χ1) is 18.7. The van der Waals surface area contributed by atoms with E-state index < -0.39 is 11.0 Å². The molecule has 0 saturated carbocycles. The number of hydrogen-bond acceptors (Lipinski definition) is 6. The summed E-state index contributed by atoms with van der Waals surface area (Å²) in [7, 11) is 0. The smallest absolute Gasteiger partial charge is 0.269 e. The predicted octanol–water partition coefficient (Wildman–Crippen LogP) is 5.59. The van der Waals surface area contributed by atoms with Gasteiger partial charge in [-0.05, 0) is 62.2 Å². The number of hydrogen-bond donors (Lipinski definition) is 3. The maximum Gasteiger partial charge on any atom is 0.269 e. The number of nitrogens with one attached hydrogen (secondary N) is 3. The molecule has 10 heteroatoms. The lowest BCUT2D eigenvalue weighted by atomic mass is 9.94. The Morgan fingerprint density at radius 2 is 1.67 bits per heavy atom. The van der Waals surface area contributed by atoms with Crippen LogP contribution in [0, 0.1) is 24.0 Å². The summed E-state index contributed by atoms with van der Waals surface area (Å²) in [5.41, 5.74) is 5.01. The number of para-hydroxylation sites is 1. The Balaban J connectivity index is 1.56. The number of nitrogens with zero attached hydrogens (tertiary/aromatic N) is 3. The van der Waals surface area contributed by atoms with Crippen LogP contribution in [0.2, 0.25) is 0 Å². The van der Waals surface area contributed by atoms with Gasteiger partial charge in [0.25, 0.3) is 17.5 Å². The molecule has 0 unspecified atom stereocenters. The number of allylic oxidation sites excluding steroid dienone is 1. The van der Waals surface area contributed by atoms with Crippen LogP contribution >= 0.6 is 0 Å². The number of nitro groups is 1. The van der Waals surface area contributed by atoms with E-state index in [1.807, 2.05) is 50.2 Å². The van der Waals surface area contributed by atoms with Gasteiger partial charge in [0.2, 0.25) is 0 Å². The Hall–Kier alpha value is -5.25. The van der Waals surface area contributed by atoms with Crippen LogP contribution in [-0.4, -0.2) is 26.5 Å². The van der Waals surface area contributed by atoms with Gasteiger partial charge in [-0.3, -0.25) is 19.7 Å². The number of rotatable bonds is 6. The fraction of sp³-hybridized carbons (Fsp3) is 0.138. The molecule has 2 amide bonds. The first kappa shape index (κ1) is 25.4. The minimum atomic E-state index is -0.744. The van der Waals surface area contributed by atoms with Crippen molar-refractivity contribution < 1.29 is 14.5 Å². The van der Waals surface area contributed by atoms with Gasteiger partial charge in [0.1, 0.15) is 17.4 Å². The van der Waals surface area contributed by atoms with Crippen LogP contribution in [-0.2, 0) is 4.79 Å². The summed E-state index contributed by atoms with van der Waals surface area (Å²) in [5, 5.41) is 24.8. The maximum atomic E-state index is 13.7. The van der Waals surface area contributed by atoms with Crippen molar-refractivity contribution >= 4 is 34.7 Å². The van der Waals surface area contributed by atoms with Gasteiger partial charge in [-0.1, -0.05) is 35.9 Å². The third-order valence-corrected chi connectivity index (χ3v) is 6.59. The van der Waals surface area contributed by atoms with Crippen molar-refractivity contribution in [2.24, 2.45) is 0 Å². The fourth-order valence-electron chi connectivity index (χ4n) is 4.67. The summed E-state index contributed by atoms with van der Waals surface area (Å²) in [6, 6.07) is 20.0. The molecule has 0 aliphatic carbocycles. The van der Waals surface area contributed by atoms with E-state index in [4.69, 9.17) is 0 Å². The number of benzene rings is 3. The van der Waals surface area contributed by atoms with E-state index in [9.17, 15) is 19.7 Å². The summed E-state index contributed by atoms with van der Waals surface area (Å²) in [6.45, 7) is 5.65. The molecular formula is C29H26N6O4. The molecule has 196 valence electrons. The van der Waals surface area contributed by atoms with E-state index in [-0.39, 0.29) is 17.5 Å². The number of amides is 2. The molecule has 39 heavy (non-hydrogen) atoms. The van der Waals surface area contributed by atoms with Crippen LogP contribution in [0.5, 0.6) is 0 Å². The summed E-state index contributed by atoms with van der Waals surface area (Å²) >= 11 is 0. The highest BCUT2D eigenvalue weighted by Gasteiger charge is 2.35. The topological polar surface area (TPSA) is 131 Å². The Kier molecular flexibility index (Phi) is 6.68. The van der Waals surface area contributed by atoms with Crippen LogP contribution in [0.25, 0.3) is 0 Å². The summed E-state index contributed by atoms with van der Waals surface area (Å²) in [4.78, 5) is 37.7. The summed E-state index contributed by atoms with van der Waals surface area (Å²) in [5.74, 6) is -0.313. The molecule has 1 aliphatic heterocycles. The van der Waals surface area contributed by atoms with E-state index >= 15 is 0 Å². The average Bonchev–Trinajstić information content (AvgIpc) is 3.33. The number of non-ortho nitro benzene ring substituents is 1. The van der Waals surface area contributed by atoms with Crippen molar-refractivity contribution in [1.82, 2.24) is 9.78 Å². The Morgan fingerprint density at radius 3 is 2.33 bits per heavy atom. The lowest BCUT2D eigenvalue weighted by Gasteiger charge is -2.30. The minimum Gasteiger partial charge on any atom is -0.343 e. The molecule has 1 atom stereocenters. The first-order valence-electron chi connectivity index (χ1n) is 12.3. The second-order valence-electron chi connectivity index (χ2n) is 9.36. The van der Waals surface area contributed by atoms with E-state index in [0.29, 0.717) is 39.6 Å². The number of nitro benzene ring substituents is 1. The molecule has 2 heterocycles. The second-order valence-corrected chi connectivity index (χ2v) is 9.36. The van der Waals surface area contributed by atoms with Gasteiger partial charge in [-0.15, -0.1) is 0 Å². The number of fused-ring (bicyclic) bond motifs is 1. The van der Waals surface area contributed by atoms with Gasteiger partial charge in [-0.2, -0.15) is 5.10 Å². The van der Waals surface area contributed by atoms with Gasteiger partial charge in [0.15, 0.2) is 0 Å². The molecular weight excluding hydrogens is 496 g/mol. The van der Waals surface area contributed by atoms with Gasteiger partial charge in [0.05, 0.1) is 16.7 Å². The zero-order valence-corrected chi connectivity index (χ0v) is 21.6. The zero-order valence-electron chi connectivity index (χ0n) is 21.6. The molecule has 0 bridgehead atoms. The lowest BCUT2D eigenvalue weighted by molar-refractivity contribution is -0.384. The molecule has 4 aromatic rings. The molecule has 1 aliphatic rings. The van der Waals surface area contributed by atoms with Crippen LogP contribution in [0.3, 0.4) is 0 Å². The maximum absolute atomic E-state index is 13.7. The predicted molar refractivity (Wildman–Crippen MR) is 149 cm³/mol. The van der Waals surface area contributed by atoms with E-state index in [1.54, 1.807) is 35.9 Å². The monoisotopic (exact) mass is 522 g/mol. The molecule has 0 saturated heterocycles. The van der Waals surface area contributed by atoms with Gasteiger partial charge < -0.3 is 16.0 Å². The first-order valence-corrected chi connectivity index (χ1v) is 12.3. The molecule has 3 N–H and O–H groups in total. The number of carbonyl (C=O) groups is 2. The zero-order chi connectivity index (χ0) is 27.7. The Bertz CT molecular complexity index is 1620. The number of anilines is 3. The fourth-order valence-corrected chi connectivity index (χ4v) is 4.67. The SMILES string of the molecule is CC1=C(C(=O)Nc2ccc(C)cc2C)[C@@H](c2ccc([N+](=O)[O-])cc2)n2ncc(C(=O)Nc3ccccc3)c2N1. The number of aryl methyl sites for hydroxylation is 2. The van der Waals surface area contributed by atoms with Crippen molar-refractivity contribution in [1.29, 1.82) is 0 Å². The van der Waals surface area contributed by atoms with Crippen molar-refractivity contribution in [3.63, 3.8) is 0 Å². The molecule has 5 rings (SSSR count). The molecule has 0 spiro atoms. The summed E-state index contributed by atoms with van der Waals surface area (Å²) < 4.78 is 1.56. The normalized spacial score (nSPS) is 14.3. The van der Waals surface area contributed by atoms with Crippen LogP contribution in [0.15, 0.2) is 90.3 Å². The third-order valence-electron chi connectivity index (χ3n) is 6.59. The van der Waals surface area contributed by atoms with Crippen molar-refractivity contribution in [3.8, 4) is 0 Å². The highest BCUT2D eigenvalue weighted by atomic mass is 16.6. The van der Waals surface area contributed by atoms with E-state index in [0.717, 1.165) is 11.1 Å². The van der Waals surface area contributed by atoms with Gasteiger partial charge in [-0.25, -0.2) is 4.68 Å². The molecule has 0 radical (unpaired) electrons. The standard InChI is InChI=1S/C29H26N6O4/c1-17-9-14-24(18(2)15-17)33-29(37)25-19(3)31-27-23(28(36)32-21-7-5-4-6-8-21)16-30-34(27)26(25)20-10-12-22(13-11-20)35(38)39/h4-16,26,31H,1-3H3,(H,32,36)(H,33,37)/t26-/m1/s1. The summed E-state index contributed by atoms with van der Waals surface area (Å²) in [6.07, 6.45) is 1.44. The molecule has 10 nitrogen and oxygen atoms in total. The minimum absolute atomic E-state index is 0.0710. The van der Waals surface area contributed by atoms with Crippen molar-refractivity contribution in [2.75, 3.05) is 16.0 Å². The molecule has 3 aromatic carbocycles. The van der Waals surface area contributed by atoms with Crippen LogP contribution in [0.4, 0.5) is 22.9 Å². The average molecular weight is 523 g/mol. The highest BCUT2D eigenvalue weighted by molar-refractivity contribution is 6.09. The molecule has 1 aromatic heterocycles. The molecule has 0 fully saturated rings. The van der Waals surface area contributed by atoms with E-state index in [2.05, 4.69) is 21.0 Å². The van der Waals surface area contributed by atoms with Gasteiger partial charge in [0, 0.05) is 29.2 Å². The van der Waals surface area contributed by atoms with Crippen LogP contribution < -0.4 is 16.0 Å². The van der Waals surface area contributed by atoms with Crippen molar-refractivity contribution in [2.45, 2.75) is 26.8 Å². The Morgan fingerprint density at radius 1 is 0.949 bits per heavy atom. The largest absolute Gasteiger partial charge is 0.343 e. The highest BCUT2D eigenvalue weighted by Crippen LogP contribution is 2.38. The number of aromatic nitrogens is 2. The Labute approximate surface area is 224 Å². The lowest BCUT2D eigenvalue weighted by Crippen LogP contribution is -2.32. The third kappa shape index (κ3) is 4.99. The van der Waals surface area contributed by atoms with Gasteiger partial charge >= 0.3 is 0 Å². The van der Waals surface area contributed by atoms with E-state index in [1.165, 1.54) is 18.3 Å². The second kappa shape index (κ2) is 10.3.